The first-order valence-corrected chi connectivity index (χ1v) is 9.41. The molecule has 2 aliphatic heterocycles. The van der Waals surface area contributed by atoms with Crippen molar-refractivity contribution in [2.75, 3.05) is 32.7 Å². The summed E-state index contributed by atoms with van der Waals surface area (Å²) in [5.41, 5.74) is 3.17. The lowest BCUT2D eigenvalue weighted by molar-refractivity contribution is -0.132. The predicted octanol–water partition coefficient (Wildman–Crippen LogP) is 1.01. The van der Waals surface area contributed by atoms with Crippen molar-refractivity contribution in [1.29, 1.82) is 0 Å². The zero-order valence-electron chi connectivity index (χ0n) is 15.1. The Balaban J connectivity index is 1.48. The van der Waals surface area contributed by atoms with E-state index in [-0.39, 0.29) is 11.9 Å². The fraction of sp³-hybridized carbons (Fsp3) is 0.350. The Morgan fingerprint density at radius 1 is 1.11 bits per heavy atom. The van der Waals surface area contributed by atoms with Crippen LogP contribution >= 0.6 is 0 Å². The number of piperazine rings is 2. The van der Waals surface area contributed by atoms with Gasteiger partial charge in [0.2, 0.25) is 11.7 Å². The van der Waals surface area contributed by atoms with Crippen molar-refractivity contribution in [3.63, 3.8) is 0 Å². The maximum Gasteiger partial charge on any atom is 0.238 e. The van der Waals surface area contributed by atoms with Crippen molar-refractivity contribution in [1.82, 2.24) is 29.5 Å². The van der Waals surface area contributed by atoms with E-state index in [1.54, 1.807) is 6.20 Å². The number of rotatable bonds is 3. The lowest BCUT2D eigenvalue weighted by atomic mass is 10.1. The van der Waals surface area contributed by atoms with Crippen LogP contribution in [-0.2, 0) is 11.3 Å². The van der Waals surface area contributed by atoms with Crippen LogP contribution < -0.4 is 5.32 Å². The van der Waals surface area contributed by atoms with Gasteiger partial charge in [-0.1, -0.05) is 30.3 Å². The summed E-state index contributed by atoms with van der Waals surface area (Å²) < 4.78 is 2.07. The van der Waals surface area contributed by atoms with Crippen LogP contribution in [0.2, 0.25) is 0 Å². The summed E-state index contributed by atoms with van der Waals surface area (Å²) in [6, 6.07) is 12.1. The van der Waals surface area contributed by atoms with Crippen LogP contribution in [0.5, 0.6) is 0 Å². The molecule has 2 aromatic heterocycles. The molecule has 2 aliphatic rings. The fourth-order valence-corrected chi connectivity index (χ4v) is 4.10. The van der Waals surface area contributed by atoms with Crippen molar-refractivity contribution in [2.24, 2.45) is 0 Å². The van der Waals surface area contributed by atoms with Crippen molar-refractivity contribution in [2.45, 2.75) is 12.6 Å². The monoisotopic (exact) mass is 362 g/mol. The van der Waals surface area contributed by atoms with Gasteiger partial charge >= 0.3 is 0 Å². The van der Waals surface area contributed by atoms with Gasteiger partial charge in [0.1, 0.15) is 6.04 Å². The highest BCUT2D eigenvalue weighted by atomic mass is 16.2. The molecule has 138 valence electrons. The van der Waals surface area contributed by atoms with E-state index >= 15 is 0 Å². The highest BCUT2D eigenvalue weighted by Crippen LogP contribution is 2.26. The van der Waals surface area contributed by atoms with Gasteiger partial charge in [0.05, 0.1) is 11.4 Å². The SMILES string of the molecule is O=C1NCCN2CCN(Cc3c(-c4ccccc4)nc4ncccn34)CC12. The lowest BCUT2D eigenvalue weighted by Crippen LogP contribution is -2.63. The van der Waals surface area contributed by atoms with Gasteiger partial charge in [-0.05, 0) is 6.07 Å². The summed E-state index contributed by atoms with van der Waals surface area (Å²) in [7, 11) is 0. The second-order valence-corrected chi connectivity index (χ2v) is 7.14. The van der Waals surface area contributed by atoms with Gasteiger partial charge in [-0.25, -0.2) is 9.97 Å². The van der Waals surface area contributed by atoms with E-state index in [1.165, 1.54) is 0 Å². The second kappa shape index (κ2) is 6.75. The molecule has 0 radical (unpaired) electrons. The maximum atomic E-state index is 12.3. The zero-order chi connectivity index (χ0) is 18.2. The summed E-state index contributed by atoms with van der Waals surface area (Å²) in [5.74, 6) is 0.856. The van der Waals surface area contributed by atoms with Gasteiger partial charge in [-0.2, -0.15) is 0 Å². The van der Waals surface area contributed by atoms with E-state index in [0.717, 1.165) is 56.2 Å². The van der Waals surface area contributed by atoms with Crippen molar-refractivity contribution < 1.29 is 4.79 Å². The fourth-order valence-electron chi connectivity index (χ4n) is 4.10. The lowest BCUT2D eigenvalue weighted by Gasteiger charge is -2.43. The van der Waals surface area contributed by atoms with Crippen molar-refractivity contribution in [3.05, 3.63) is 54.5 Å². The topological polar surface area (TPSA) is 65.8 Å². The van der Waals surface area contributed by atoms with E-state index in [9.17, 15) is 4.79 Å². The number of amides is 1. The second-order valence-electron chi connectivity index (χ2n) is 7.14. The molecule has 0 bridgehead atoms. The van der Waals surface area contributed by atoms with Gasteiger partial charge in [0.25, 0.3) is 0 Å². The Morgan fingerprint density at radius 2 is 2.00 bits per heavy atom. The van der Waals surface area contributed by atoms with Crippen LogP contribution in [0.4, 0.5) is 0 Å². The first-order chi connectivity index (χ1) is 13.3. The predicted molar refractivity (Wildman–Crippen MR) is 102 cm³/mol. The molecule has 0 aliphatic carbocycles. The molecule has 4 heterocycles. The van der Waals surface area contributed by atoms with Gasteiger partial charge in [0, 0.05) is 57.2 Å². The molecule has 0 spiro atoms. The van der Waals surface area contributed by atoms with E-state index in [4.69, 9.17) is 4.98 Å². The highest BCUT2D eigenvalue weighted by Gasteiger charge is 2.35. The Kier molecular flexibility index (Phi) is 4.10. The molecular formula is C20H22N6O. The summed E-state index contributed by atoms with van der Waals surface area (Å²) >= 11 is 0. The molecule has 3 aromatic rings. The molecule has 1 amide bonds. The summed E-state index contributed by atoms with van der Waals surface area (Å²) in [4.78, 5) is 26.1. The third kappa shape index (κ3) is 2.98. The third-order valence-corrected chi connectivity index (χ3v) is 5.50. The molecule has 7 heteroatoms. The number of hydrogen-bond donors (Lipinski definition) is 1. The van der Waals surface area contributed by atoms with Crippen LogP contribution in [0, 0.1) is 0 Å². The number of aromatic nitrogens is 3. The summed E-state index contributed by atoms with van der Waals surface area (Å²) in [6.45, 7) is 5.06. The summed E-state index contributed by atoms with van der Waals surface area (Å²) in [5, 5.41) is 2.99. The van der Waals surface area contributed by atoms with E-state index in [0.29, 0.717) is 5.78 Å². The van der Waals surface area contributed by atoms with Crippen molar-refractivity contribution in [3.8, 4) is 11.3 Å². The van der Waals surface area contributed by atoms with Crippen LogP contribution in [0.25, 0.3) is 17.0 Å². The van der Waals surface area contributed by atoms with Gasteiger partial charge in [-0.15, -0.1) is 0 Å². The van der Waals surface area contributed by atoms with Crippen LogP contribution in [0.3, 0.4) is 0 Å². The van der Waals surface area contributed by atoms with Crippen LogP contribution in [-0.4, -0.2) is 68.8 Å². The highest BCUT2D eigenvalue weighted by molar-refractivity contribution is 5.82. The quantitative estimate of drug-likeness (QED) is 0.753. The number of nitrogens with one attached hydrogen (secondary N) is 1. The minimum absolute atomic E-state index is 0.0509. The van der Waals surface area contributed by atoms with Gasteiger partial charge in [-0.3, -0.25) is 19.0 Å². The number of carbonyl (C=O) groups excluding carboxylic acids is 1. The third-order valence-electron chi connectivity index (χ3n) is 5.50. The maximum absolute atomic E-state index is 12.3. The van der Waals surface area contributed by atoms with E-state index in [2.05, 4.69) is 36.6 Å². The Bertz CT molecular complexity index is 969. The summed E-state index contributed by atoms with van der Waals surface area (Å²) in [6.07, 6.45) is 3.78. The molecule has 5 rings (SSSR count). The average molecular weight is 362 g/mol. The van der Waals surface area contributed by atoms with Crippen molar-refractivity contribution >= 4 is 11.7 Å². The molecule has 1 atom stereocenters. The molecule has 0 saturated carbocycles. The zero-order valence-corrected chi connectivity index (χ0v) is 15.1. The molecule has 1 N–H and O–H groups in total. The van der Waals surface area contributed by atoms with Gasteiger partial charge < -0.3 is 5.32 Å². The normalized spacial score (nSPS) is 21.2. The molecule has 1 aromatic carbocycles. The number of nitrogens with zero attached hydrogens (tertiary/aromatic N) is 5. The molecule has 2 saturated heterocycles. The van der Waals surface area contributed by atoms with E-state index in [1.807, 2.05) is 30.5 Å². The molecular weight excluding hydrogens is 340 g/mol. The number of imidazole rings is 1. The molecule has 27 heavy (non-hydrogen) atoms. The largest absolute Gasteiger partial charge is 0.353 e. The van der Waals surface area contributed by atoms with E-state index < -0.39 is 0 Å². The first kappa shape index (κ1) is 16.4. The number of hydrogen-bond acceptors (Lipinski definition) is 5. The Hall–Kier alpha value is -2.77. The Labute approximate surface area is 157 Å². The van der Waals surface area contributed by atoms with Crippen LogP contribution in [0.1, 0.15) is 5.69 Å². The van der Waals surface area contributed by atoms with Gasteiger partial charge in [0.15, 0.2) is 0 Å². The number of fused-ring (bicyclic) bond motifs is 2. The Morgan fingerprint density at radius 3 is 2.89 bits per heavy atom. The molecule has 7 nitrogen and oxygen atoms in total. The smallest absolute Gasteiger partial charge is 0.238 e. The molecule has 2 fully saturated rings. The number of carbonyl (C=O) groups is 1. The standard InChI is InChI=1S/C20H22N6O/c27-19-17-14-24(11-12-25(17)10-8-21-19)13-16-18(15-5-2-1-3-6-15)23-20-22-7-4-9-26(16)20/h1-7,9,17H,8,10-14H2,(H,21,27). The minimum Gasteiger partial charge on any atom is -0.353 e. The number of benzene rings is 1. The molecule has 1 unspecified atom stereocenters. The minimum atomic E-state index is -0.0509. The van der Waals surface area contributed by atoms with Crippen LogP contribution in [0.15, 0.2) is 48.8 Å². The average Bonchev–Trinajstić information content (AvgIpc) is 3.08. The first-order valence-electron chi connectivity index (χ1n) is 9.41.